The lowest BCUT2D eigenvalue weighted by Crippen LogP contribution is -2.57. The molecule has 0 aliphatic carbocycles. The molecule has 1 heterocycles. The van der Waals surface area contributed by atoms with Gasteiger partial charge >= 0.3 is 0 Å². The molecular formula is C13H17ClN2O. The van der Waals surface area contributed by atoms with Crippen LogP contribution >= 0.6 is 11.6 Å². The molecule has 0 spiro atoms. The Morgan fingerprint density at radius 3 is 2.47 bits per heavy atom. The summed E-state index contributed by atoms with van der Waals surface area (Å²) in [6.45, 7) is 5.77. The largest absolute Gasteiger partial charge is 0.331 e. The van der Waals surface area contributed by atoms with Gasteiger partial charge in [0.1, 0.15) is 0 Å². The zero-order chi connectivity index (χ0) is 12.4. The highest BCUT2D eigenvalue weighted by Crippen LogP contribution is 2.20. The molecule has 3 nitrogen and oxygen atoms in total. The minimum Gasteiger partial charge on any atom is -0.331 e. The van der Waals surface area contributed by atoms with E-state index in [4.69, 9.17) is 11.6 Å². The summed E-state index contributed by atoms with van der Waals surface area (Å²) in [7, 11) is 0. The molecule has 1 aromatic carbocycles. The van der Waals surface area contributed by atoms with Crippen molar-refractivity contribution in [3.05, 3.63) is 34.9 Å². The molecule has 1 aliphatic rings. The second-order valence-corrected chi connectivity index (χ2v) is 4.96. The van der Waals surface area contributed by atoms with Crippen molar-refractivity contribution >= 4 is 17.5 Å². The van der Waals surface area contributed by atoms with Crippen molar-refractivity contribution in [2.45, 2.75) is 25.9 Å². The van der Waals surface area contributed by atoms with Crippen molar-refractivity contribution in [3.8, 4) is 0 Å². The molecule has 4 heteroatoms. The van der Waals surface area contributed by atoms with Gasteiger partial charge in [-0.3, -0.25) is 4.79 Å². The molecular weight excluding hydrogens is 236 g/mol. The molecule has 92 valence electrons. The van der Waals surface area contributed by atoms with Gasteiger partial charge in [0.15, 0.2) is 0 Å². The summed E-state index contributed by atoms with van der Waals surface area (Å²) in [6.07, 6.45) is 0. The summed E-state index contributed by atoms with van der Waals surface area (Å²) in [4.78, 5) is 14.4. The molecule has 2 rings (SSSR count). The van der Waals surface area contributed by atoms with Crippen LogP contribution in [0.2, 0.25) is 5.02 Å². The zero-order valence-electron chi connectivity index (χ0n) is 10.1. The molecule has 1 amide bonds. The topological polar surface area (TPSA) is 32.3 Å². The second kappa shape index (κ2) is 5.07. The third-order valence-electron chi connectivity index (χ3n) is 3.17. The first-order chi connectivity index (χ1) is 8.11. The number of amides is 1. The van der Waals surface area contributed by atoms with Crippen LogP contribution in [-0.2, 0) is 0 Å². The lowest BCUT2D eigenvalue weighted by Gasteiger charge is -2.39. The summed E-state index contributed by atoms with van der Waals surface area (Å²) in [6, 6.07) is 7.61. The molecule has 2 unspecified atom stereocenters. The number of nitrogens with zero attached hydrogens (tertiary/aromatic N) is 1. The van der Waals surface area contributed by atoms with Crippen LogP contribution in [0, 0.1) is 0 Å². The highest BCUT2D eigenvalue weighted by atomic mass is 35.5. The Hall–Kier alpha value is -1.06. The molecule has 0 aromatic heterocycles. The Kier molecular flexibility index (Phi) is 3.69. The Balaban J connectivity index is 2.27. The van der Waals surface area contributed by atoms with Crippen molar-refractivity contribution in [2.24, 2.45) is 0 Å². The maximum atomic E-state index is 12.5. The van der Waals surface area contributed by atoms with E-state index in [1.807, 2.05) is 17.0 Å². The maximum absolute atomic E-state index is 12.5. The highest BCUT2D eigenvalue weighted by molar-refractivity contribution is 6.33. The van der Waals surface area contributed by atoms with Gasteiger partial charge in [-0.2, -0.15) is 0 Å². The first kappa shape index (κ1) is 12.4. The predicted octanol–water partition coefficient (Wildman–Crippen LogP) is 2.16. The van der Waals surface area contributed by atoms with Gasteiger partial charge in [0.25, 0.3) is 5.91 Å². The summed E-state index contributed by atoms with van der Waals surface area (Å²) >= 11 is 6.07. The third kappa shape index (κ3) is 2.45. The fraction of sp³-hybridized carbons (Fsp3) is 0.462. The van der Waals surface area contributed by atoms with Crippen LogP contribution in [-0.4, -0.2) is 36.0 Å². The van der Waals surface area contributed by atoms with Crippen LogP contribution in [0.15, 0.2) is 24.3 Å². The monoisotopic (exact) mass is 252 g/mol. The highest BCUT2D eigenvalue weighted by Gasteiger charge is 2.30. The minimum atomic E-state index is 0.0251. The van der Waals surface area contributed by atoms with Gasteiger partial charge in [-0.15, -0.1) is 0 Å². The molecule has 0 saturated carbocycles. The van der Waals surface area contributed by atoms with Crippen molar-refractivity contribution in [3.63, 3.8) is 0 Å². The Labute approximate surface area is 107 Å². The average molecular weight is 253 g/mol. The fourth-order valence-corrected chi connectivity index (χ4v) is 2.52. The number of carbonyl (C=O) groups is 1. The summed E-state index contributed by atoms with van der Waals surface area (Å²) in [5.41, 5.74) is 0.592. The van der Waals surface area contributed by atoms with Crippen molar-refractivity contribution < 1.29 is 4.79 Å². The van der Waals surface area contributed by atoms with E-state index < -0.39 is 0 Å². The van der Waals surface area contributed by atoms with E-state index in [1.54, 1.807) is 12.1 Å². The number of benzene rings is 1. The maximum Gasteiger partial charge on any atom is 0.255 e. The smallest absolute Gasteiger partial charge is 0.255 e. The van der Waals surface area contributed by atoms with Crippen LogP contribution in [0.4, 0.5) is 0 Å². The number of halogens is 1. The SMILES string of the molecule is CC1CNCC(C)N1C(=O)c1ccccc1Cl. The average Bonchev–Trinajstić information content (AvgIpc) is 2.29. The Morgan fingerprint density at radius 1 is 1.29 bits per heavy atom. The number of carbonyl (C=O) groups excluding carboxylic acids is 1. The van der Waals surface area contributed by atoms with Crippen LogP contribution < -0.4 is 5.32 Å². The van der Waals surface area contributed by atoms with Crippen molar-refractivity contribution in [1.29, 1.82) is 0 Å². The summed E-state index contributed by atoms with van der Waals surface area (Å²) in [5.74, 6) is 0.0251. The van der Waals surface area contributed by atoms with Crippen LogP contribution in [0.25, 0.3) is 0 Å². The number of rotatable bonds is 1. The summed E-state index contributed by atoms with van der Waals surface area (Å²) < 4.78 is 0. The number of hydrogen-bond acceptors (Lipinski definition) is 2. The minimum absolute atomic E-state index is 0.0251. The number of piperazine rings is 1. The number of nitrogens with one attached hydrogen (secondary N) is 1. The standard InChI is InChI=1S/C13H17ClN2O/c1-9-7-15-8-10(2)16(9)13(17)11-5-3-4-6-12(11)14/h3-6,9-10,15H,7-8H2,1-2H3. The van der Waals surface area contributed by atoms with Gasteiger partial charge in [0.05, 0.1) is 10.6 Å². The first-order valence-corrected chi connectivity index (χ1v) is 6.27. The zero-order valence-corrected chi connectivity index (χ0v) is 10.9. The van der Waals surface area contributed by atoms with Gasteiger partial charge in [-0.1, -0.05) is 23.7 Å². The molecule has 1 aromatic rings. The van der Waals surface area contributed by atoms with Gasteiger partial charge in [0, 0.05) is 25.2 Å². The Bertz CT molecular complexity index is 412. The normalized spacial score (nSPS) is 24.8. The molecule has 1 N–H and O–H groups in total. The quantitative estimate of drug-likeness (QED) is 0.831. The van der Waals surface area contributed by atoms with E-state index in [0.717, 1.165) is 13.1 Å². The predicted molar refractivity (Wildman–Crippen MR) is 69.4 cm³/mol. The van der Waals surface area contributed by atoms with Crippen molar-refractivity contribution in [2.75, 3.05) is 13.1 Å². The lowest BCUT2D eigenvalue weighted by molar-refractivity contribution is 0.0544. The second-order valence-electron chi connectivity index (χ2n) is 4.55. The van der Waals surface area contributed by atoms with Crippen molar-refractivity contribution in [1.82, 2.24) is 10.2 Å². The van der Waals surface area contributed by atoms with E-state index >= 15 is 0 Å². The van der Waals surface area contributed by atoms with Gasteiger partial charge < -0.3 is 10.2 Å². The third-order valence-corrected chi connectivity index (χ3v) is 3.50. The number of hydrogen-bond donors (Lipinski definition) is 1. The molecule has 17 heavy (non-hydrogen) atoms. The van der Waals surface area contributed by atoms with E-state index in [1.165, 1.54) is 0 Å². The van der Waals surface area contributed by atoms with E-state index in [0.29, 0.717) is 10.6 Å². The van der Waals surface area contributed by atoms with Gasteiger partial charge in [-0.05, 0) is 26.0 Å². The van der Waals surface area contributed by atoms with Gasteiger partial charge in [-0.25, -0.2) is 0 Å². The fourth-order valence-electron chi connectivity index (χ4n) is 2.31. The molecule has 0 radical (unpaired) electrons. The van der Waals surface area contributed by atoms with E-state index in [9.17, 15) is 4.79 Å². The molecule has 2 atom stereocenters. The Morgan fingerprint density at radius 2 is 1.88 bits per heavy atom. The van der Waals surface area contributed by atoms with E-state index in [2.05, 4.69) is 19.2 Å². The van der Waals surface area contributed by atoms with Crippen LogP contribution in [0.3, 0.4) is 0 Å². The van der Waals surface area contributed by atoms with Crippen LogP contribution in [0.1, 0.15) is 24.2 Å². The van der Waals surface area contributed by atoms with E-state index in [-0.39, 0.29) is 18.0 Å². The lowest BCUT2D eigenvalue weighted by atomic mass is 10.1. The van der Waals surface area contributed by atoms with Crippen LogP contribution in [0.5, 0.6) is 0 Å². The molecule has 1 saturated heterocycles. The first-order valence-electron chi connectivity index (χ1n) is 5.89. The molecule has 0 bridgehead atoms. The van der Waals surface area contributed by atoms with Gasteiger partial charge in [0.2, 0.25) is 0 Å². The summed E-state index contributed by atoms with van der Waals surface area (Å²) in [5, 5.41) is 3.83. The molecule has 1 aliphatic heterocycles. The molecule has 1 fully saturated rings.